The fourth-order valence-corrected chi connectivity index (χ4v) is 5.48. The lowest BCUT2D eigenvalue weighted by Crippen LogP contribution is -2.55. The third-order valence-corrected chi connectivity index (χ3v) is 7.68. The summed E-state index contributed by atoms with van der Waals surface area (Å²) in [5.41, 5.74) is 1.92. The predicted octanol–water partition coefficient (Wildman–Crippen LogP) is 0.709. The van der Waals surface area contributed by atoms with E-state index in [2.05, 4.69) is 4.98 Å². The predicted molar refractivity (Wildman–Crippen MR) is 109 cm³/mol. The zero-order valence-corrected chi connectivity index (χ0v) is 17.4. The molecule has 1 aromatic carbocycles. The van der Waals surface area contributed by atoms with Crippen LogP contribution in [0.2, 0.25) is 0 Å². The molecule has 2 aliphatic rings. The Bertz CT molecular complexity index is 962. The smallest absolute Gasteiger partial charge is 0.282 e. The molecule has 0 saturated carbocycles. The second kappa shape index (κ2) is 8.39. The average Bonchev–Trinajstić information content (AvgIpc) is 3.19. The van der Waals surface area contributed by atoms with Gasteiger partial charge in [-0.2, -0.15) is 17.0 Å². The van der Waals surface area contributed by atoms with E-state index in [-0.39, 0.29) is 11.9 Å². The molecule has 2 fully saturated rings. The Hall–Kier alpha value is -2.01. The fraction of sp³-hybridized carbons (Fsp3) is 0.579. The summed E-state index contributed by atoms with van der Waals surface area (Å²) in [7, 11) is -3.48. The largest absolute Gasteiger partial charge is 0.379 e. The van der Waals surface area contributed by atoms with Crippen LogP contribution in [-0.4, -0.2) is 89.9 Å². The number of amides is 1. The number of benzene rings is 1. The number of carbonyl (C=O) groups is 1. The van der Waals surface area contributed by atoms with Crippen LogP contribution in [0, 0.1) is 0 Å². The van der Waals surface area contributed by atoms with E-state index in [0.29, 0.717) is 58.9 Å². The van der Waals surface area contributed by atoms with E-state index in [9.17, 15) is 13.2 Å². The number of morpholine rings is 1. The minimum atomic E-state index is -3.48. The fourth-order valence-electron chi connectivity index (χ4n) is 3.92. The minimum absolute atomic E-state index is 0.0231. The topological polar surface area (TPSA) is 88.0 Å². The van der Waals surface area contributed by atoms with Gasteiger partial charge < -0.3 is 14.2 Å². The van der Waals surface area contributed by atoms with Crippen molar-refractivity contribution in [1.29, 1.82) is 0 Å². The van der Waals surface area contributed by atoms with Gasteiger partial charge in [-0.1, -0.05) is 12.1 Å². The van der Waals surface area contributed by atoms with Crippen molar-refractivity contribution < 1.29 is 17.9 Å². The normalized spacial score (nSPS) is 20.8. The summed E-state index contributed by atoms with van der Waals surface area (Å²) in [5, 5.41) is 0. The summed E-state index contributed by atoms with van der Waals surface area (Å²) in [5.74, 6) is 0.0405. The maximum absolute atomic E-state index is 12.8. The highest BCUT2D eigenvalue weighted by atomic mass is 32.2. The molecule has 2 aliphatic heterocycles. The highest BCUT2D eigenvalue weighted by Gasteiger charge is 2.34. The summed E-state index contributed by atoms with van der Waals surface area (Å²) in [6.07, 6.45) is 2.13. The molecule has 1 amide bonds. The van der Waals surface area contributed by atoms with E-state index < -0.39 is 10.2 Å². The Balaban J connectivity index is 1.34. The van der Waals surface area contributed by atoms with Gasteiger partial charge in [0.1, 0.15) is 0 Å². The van der Waals surface area contributed by atoms with Crippen molar-refractivity contribution >= 4 is 27.1 Å². The molecule has 10 heteroatoms. The van der Waals surface area contributed by atoms with Gasteiger partial charge in [0.2, 0.25) is 5.91 Å². The molecule has 0 N–H and O–H groups in total. The molecule has 158 valence electrons. The van der Waals surface area contributed by atoms with E-state index in [1.807, 2.05) is 35.8 Å². The van der Waals surface area contributed by atoms with E-state index in [0.717, 1.165) is 11.0 Å². The van der Waals surface area contributed by atoms with Gasteiger partial charge in [0.05, 0.1) is 30.6 Å². The monoisotopic (exact) mass is 421 g/mol. The number of hydrogen-bond donors (Lipinski definition) is 0. The van der Waals surface area contributed by atoms with Crippen LogP contribution in [0.25, 0.3) is 11.0 Å². The average molecular weight is 422 g/mol. The van der Waals surface area contributed by atoms with Crippen molar-refractivity contribution in [2.24, 2.45) is 0 Å². The molecule has 2 saturated heterocycles. The van der Waals surface area contributed by atoms with E-state index in [4.69, 9.17) is 4.74 Å². The lowest BCUT2D eigenvalue weighted by Gasteiger charge is -2.38. The molecule has 0 aliphatic carbocycles. The van der Waals surface area contributed by atoms with Crippen molar-refractivity contribution in [3.8, 4) is 0 Å². The number of nitrogens with zero attached hydrogens (tertiary/aromatic N) is 5. The molecule has 1 aromatic heterocycles. The quantitative estimate of drug-likeness (QED) is 0.710. The molecule has 1 atom stereocenters. The molecule has 3 heterocycles. The van der Waals surface area contributed by atoms with Crippen molar-refractivity contribution in [3.63, 3.8) is 0 Å². The molecule has 0 radical (unpaired) electrons. The first-order chi connectivity index (χ1) is 14.0. The molecule has 2 aromatic rings. The Morgan fingerprint density at radius 3 is 2.45 bits per heavy atom. The van der Waals surface area contributed by atoms with Crippen molar-refractivity contribution in [2.75, 3.05) is 52.5 Å². The molecule has 29 heavy (non-hydrogen) atoms. The number of hydrogen-bond acceptors (Lipinski definition) is 5. The molecule has 0 bridgehead atoms. The molecule has 9 nitrogen and oxygen atoms in total. The first kappa shape index (κ1) is 20.3. The SMILES string of the molecule is C[C@@H](CC(=O)N1CCN(S(=O)(=O)N2CCOCC2)CC1)n1cnc2ccccc21. The van der Waals surface area contributed by atoms with Gasteiger partial charge in [-0.3, -0.25) is 4.79 Å². The second-order valence-electron chi connectivity index (χ2n) is 7.49. The van der Waals surface area contributed by atoms with Crippen LogP contribution >= 0.6 is 0 Å². The van der Waals surface area contributed by atoms with Crippen LogP contribution in [0.5, 0.6) is 0 Å². The number of carbonyl (C=O) groups excluding carboxylic acids is 1. The summed E-state index contributed by atoms with van der Waals surface area (Å²) >= 11 is 0. The van der Waals surface area contributed by atoms with Gasteiger partial charge in [-0.15, -0.1) is 0 Å². The van der Waals surface area contributed by atoms with Crippen molar-refractivity contribution in [3.05, 3.63) is 30.6 Å². The number of fused-ring (bicyclic) bond motifs is 1. The van der Waals surface area contributed by atoms with Crippen LogP contribution in [0.4, 0.5) is 0 Å². The van der Waals surface area contributed by atoms with Crippen molar-refractivity contribution in [1.82, 2.24) is 23.1 Å². The Morgan fingerprint density at radius 1 is 1.07 bits per heavy atom. The number of rotatable bonds is 5. The van der Waals surface area contributed by atoms with Gasteiger partial charge >= 0.3 is 0 Å². The number of piperazine rings is 1. The third kappa shape index (κ3) is 4.16. The van der Waals surface area contributed by atoms with Gasteiger partial charge in [0.25, 0.3) is 10.2 Å². The maximum Gasteiger partial charge on any atom is 0.282 e. The lowest BCUT2D eigenvalue weighted by molar-refractivity contribution is -0.133. The van der Waals surface area contributed by atoms with Crippen LogP contribution in [-0.2, 0) is 19.7 Å². The van der Waals surface area contributed by atoms with Gasteiger partial charge in [0, 0.05) is 51.7 Å². The first-order valence-corrected chi connectivity index (χ1v) is 11.4. The number of aromatic nitrogens is 2. The van der Waals surface area contributed by atoms with Crippen LogP contribution in [0.15, 0.2) is 30.6 Å². The highest BCUT2D eigenvalue weighted by Crippen LogP contribution is 2.21. The van der Waals surface area contributed by atoms with E-state index >= 15 is 0 Å². The highest BCUT2D eigenvalue weighted by molar-refractivity contribution is 7.86. The number of ether oxygens (including phenoxy) is 1. The van der Waals surface area contributed by atoms with E-state index in [1.165, 1.54) is 8.61 Å². The standard InChI is InChI=1S/C19H27N5O4S/c1-16(24-15-20-17-4-2-3-5-18(17)24)14-19(25)21-6-8-22(9-7-21)29(26,27)23-10-12-28-13-11-23/h2-5,15-16H,6-14H2,1H3/t16-/m0/s1. The van der Waals surface area contributed by atoms with Gasteiger partial charge in [-0.05, 0) is 19.1 Å². The van der Waals surface area contributed by atoms with Gasteiger partial charge in [0.15, 0.2) is 0 Å². The van der Waals surface area contributed by atoms with Gasteiger partial charge in [-0.25, -0.2) is 4.98 Å². The minimum Gasteiger partial charge on any atom is -0.379 e. The zero-order valence-electron chi connectivity index (χ0n) is 16.6. The summed E-state index contributed by atoms with van der Waals surface area (Å²) < 4.78 is 35.7. The summed E-state index contributed by atoms with van der Waals surface area (Å²) in [6, 6.07) is 7.83. The Morgan fingerprint density at radius 2 is 1.72 bits per heavy atom. The lowest BCUT2D eigenvalue weighted by atomic mass is 10.2. The van der Waals surface area contributed by atoms with E-state index in [1.54, 1.807) is 11.2 Å². The van der Waals surface area contributed by atoms with Crippen LogP contribution in [0.3, 0.4) is 0 Å². The molecular weight excluding hydrogens is 394 g/mol. The number of imidazole rings is 1. The summed E-state index contributed by atoms with van der Waals surface area (Å²) in [6.45, 7) is 5.12. The molecular formula is C19H27N5O4S. The second-order valence-corrected chi connectivity index (χ2v) is 9.42. The number of para-hydroxylation sites is 2. The molecule has 4 rings (SSSR count). The Labute approximate surface area is 171 Å². The van der Waals surface area contributed by atoms with Crippen molar-refractivity contribution in [2.45, 2.75) is 19.4 Å². The third-order valence-electron chi connectivity index (χ3n) is 5.64. The molecule has 0 unspecified atom stereocenters. The maximum atomic E-state index is 12.8. The Kier molecular flexibility index (Phi) is 5.86. The zero-order chi connectivity index (χ0) is 20.4. The molecule has 0 spiro atoms. The van der Waals surface area contributed by atoms with Crippen LogP contribution in [0.1, 0.15) is 19.4 Å². The van der Waals surface area contributed by atoms with Crippen LogP contribution < -0.4 is 0 Å². The summed E-state index contributed by atoms with van der Waals surface area (Å²) in [4.78, 5) is 19.0. The first-order valence-electron chi connectivity index (χ1n) is 9.99.